The lowest BCUT2D eigenvalue weighted by Gasteiger charge is -2.33. The highest BCUT2D eigenvalue weighted by Gasteiger charge is 2.41. The fourth-order valence-electron chi connectivity index (χ4n) is 1.70. The molecule has 0 rings (SSSR count). The molecule has 100 valence electrons. The Hall–Kier alpha value is -1.10. The van der Waals surface area contributed by atoms with Gasteiger partial charge in [0, 0.05) is 0 Å². The van der Waals surface area contributed by atoms with Crippen LogP contribution in [0.3, 0.4) is 0 Å². The summed E-state index contributed by atoms with van der Waals surface area (Å²) in [4.78, 5) is 23.3. The molecule has 0 saturated carbocycles. The van der Waals surface area contributed by atoms with Crippen molar-refractivity contribution in [2.45, 2.75) is 64.5 Å². The molecule has 0 bridgehead atoms. The number of nitrogens with two attached hydrogens (primary N) is 1. The molecule has 0 unspecified atom stereocenters. The van der Waals surface area contributed by atoms with Crippen molar-refractivity contribution < 1.29 is 14.7 Å². The van der Waals surface area contributed by atoms with Crippen molar-refractivity contribution in [3.63, 3.8) is 0 Å². The zero-order valence-corrected chi connectivity index (χ0v) is 11.2. The first-order valence-corrected chi connectivity index (χ1v) is 6.16. The first kappa shape index (κ1) is 15.9. The summed E-state index contributed by atoms with van der Waals surface area (Å²) in [5.41, 5.74) is 3.77. The lowest BCUT2D eigenvalue weighted by Crippen LogP contribution is -2.62. The number of carbonyl (C=O) groups is 2. The van der Waals surface area contributed by atoms with E-state index in [0.717, 1.165) is 0 Å². The lowest BCUT2D eigenvalue weighted by atomic mass is 9.88. The Morgan fingerprint density at radius 1 is 1.06 bits per heavy atom. The molecule has 0 heterocycles. The summed E-state index contributed by atoms with van der Waals surface area (Å²) in [5, 5.41) is 11.8. The topological polar surface area (TPSA) is 92.4 Å². The third kappa shape index (κ3) is 3.19. The summed E-state index contributed by atoms with van der Waals surface area (Å²) in [7, 11) is 0. The number of carboxylic acids is 1. The van der Waals surface area contributed by atoms with Gasteiger partial charge in [0.25, 0.3) is 0 Å². The van der Waals surface area contributed by atoms with Crippen molar-refractivity contribution in [2.75, 3.05) is 0 Å². The van der Waals surface area contributed by atoms with Gasteiger partial charge < -0.3 is 16.2 Å². The van der Waals surface area contributed by atoms with Gasteiger partial charge in [0.1, 0.15) is 5.54 Å². The average molecular weight is 244 g/mol. The van der Waals surface area contributed by atoms with Crippen molar-refractivity contribution in [3.8, 4) is 0 Å². The number of nitrogens with one attached hydrogen (secondary N) is 1. The molecule has 4 N–H and O–H groups in total. The maximum absolute atomic E-state index is 12.1. The van der Waals surface area contributed by atoms with E-state index in [1.54, 1.807) is 13.8 Å². The van der Waals surface area contributed by atoms with E-state index < -0.39 is 17.0 Å². The van der Waals surface area contributed by atoms with Gasteiger partial charge in [0.15, 0.2) is 0 Å². The molecule has 0 aromatic carbocycles. The summed E-state index contributed by atoms with van der Waals surface area (Å²) < 4.78 is 0. The average Bonchev–Trinajstić information content (AvgIpc) is 2.34. The Morgan fingerprint density at radius 3 is 1.71 bits per heavy atom. The number of amides is 1. The Balaban J connectivity index is 5.03. The molecular formula is C12H24N2O3. The van der Waals surface area contributed by atoms with E-state index in [4.69, 9.17) is 5.73 Å². The van der Waals surface area contributed by atoms with E-state index in [1.165, 1.54) is 0 Å². The molecule has 1 amide bonds. The Kier molecular flexibility index (Phi) is 5.61. The molecule has 0 aliphatic carbocycles. The van der Waals surface area contributed by atoms with Gasteiger partial charge in [-0.1, -0.05) is 27.7 Å². The fraction of sp³-hybridized carbons (Fsp3) is 0.833. The summed E-state index contributed by atoms with van der Waals surface area (Å²) >= 11 is 0. The quantitative estimate of drug-likeness (QED) is 0.628. The second kappa shape index (κ2) is 6.00. The van der Waals surface area contributed by atoms with Gasteiger partial charge in [-0.3, -0.25) is 4.79 Å². The van der Waals surface area contributed by atoms with Gasteiger partial charge in [0.05, 0.1) is 5.54 Å². The maximum Gasteiger partial charge on any atom is 0.329 e. The van der Waals surface area contributed by atoms with Gasteiger partial charge in [0.2, 0.25) is 5.91 Å². The van der Waals surface area contributed by atoms with Crippen LogP contribution in [0.5, 0.6) is 0 Å². The lowest BCUT2D eigenvalue weighted by molar-refractivity contribution is -0.149. The minimum absolute atomic E-state index is 0.341. The van der Waals surface area contributed by atoms with Crippen LogP contribution in [0.15, 0.2) is 0 Å². The Labute approximate surface area is 103 Å². The van der Waals surface area contributed by atoms with Crippen molar-refractivity contribution >= 4 is 11.9 Å². The normalized spacial score (nSPS) is 12.3. The SMILES string of the molecule is CCC(N)(CC)C(=O)NC(CC)(CC)C(=O)O. The van der Waals surface area contributed by atoms with E-state index in [1.807, 2.05) is 13.8 Å². The van der Waals surface area contributed by atoms with Crippen LogP contribution in [-0.2, 0) is 9.59 Å². The second-order valence-corrected chi connectivity index (χ2v) is 4.41. The minimum atomic E-state index is -1.20. The highest BCUT2D eigenvalue weighted by Crippen LogP contribution is 2.19. The number of carboxylic acid groups (broad SMARTS) is 1. The molecule has 17 heavy (non-hydrogen) atoms. The van der Waals surface area contributed by atoms with Gasteiger partial charge in [-0.25, -0.2) is 4.79 Å². The maximum atomic E-state index is 12.1. The number of hydrogen-bond acceptors (Lipinski definition) is 3. The van der Waals surface area contributed by atoms with Crippen LogP contribution in [-0.4, -0.2) is 28.1 Å². The molecule has 0 radical (unpaired) electrons. The summed E-state index contributed by atoms with van der Waals surface area (Å²) in [6.45, 7) is 7.13. The molecule has 0 aliphatic heterocycles. The molecule has 0 saturated heterocycles. The Bertz CT molecular complexity index is 281. The second-order valence-electron chi connectivity index (χ2n) is 4.41. The van der Waals surface area contributed by atoms with Gasteiger partial charge >= 0.3 is 5.97 Å². The summed E-state index contributed by atoms with van der Waals surface area (Å²) in [6, 6.07) is 0. The van der Waals surface area contributed by atoms with Crippen LogP contribution < -0.4 is 11.1 Å². The largest absolute Gasteiger partial charge is 0.480 e. The molecular weight excluding hydrogens is 220 g/mol. The van der Waals surface area contributed by atoms with Crippen molar-refractivity contribution in [1.82, 2.24) is 5.32 Å². The molecule has 0 aromatic heterocycles. The number of hydrogen-bond donors (Lipinski definition) is 3. The van der Waals surface area contributed by atoms with Gasteiger partial charge in [-0.15, -0.1) is 0 Å². The van der Waals surface area contributed by atoms with Crippen molar-refractivity contribution in [3.05, 3.63) is 0 Å². The zero-order valence-electron chi connectivity index (χ0n) is 11.2. The molecule has 0 spiro atoms. The van der Waals surface area contributed by atoms with E-state index in [2.05, 4.69) is 5.32 Å². The molecule has 5 nitrogen and oxygen atoms in total. The third-order valence-electron chi connectivity index (χ3n) is 3.68. The summed E-state index contributed by atoms with van der Waals surface area (Å²) in [5.74, 6) is -1.39. The van der Waals surface area contributed by atoms with Crippen LogP contribution >= 0.6 is 0 Å². The van der Waals surface area contributed by atoms with Crippen LogP contribution in [0.4, 0.5) is 0 Å². The van der Waals surface area contributed by atoms with Crippen LogP contribution in [0.25, 0.3) is 0 Å². The number of aliphatic carboxylic acids is 1. The molecule has 0 atom stereocenters. The zero-order chi connectivity index (χ0) is 13.7. The predicted molar refractivity (Wildman–Crippen MR) is 66.6 cm³/mol. The first-order chi connectivity index (χ1) is 7.81. The van der Waals surface area contributed by atoms with Crippen LogP contribution in [0, 0.1) is 0 Å². The molecule has 5 heteroatoms. The monoisotopic (exact) mass is 244 g/mol. The molecule has 0 aromatic rings. The molecule has 0 aliphatic rings. The van der Waals surface area contributed by atoms with Gasteiger partial charge in [-0.05, 0) is 25.7 Å². The van der Waals surface area contributed by atoms with Crippen LogP contribution in [0.2, 0.25) is 0 Å². The fourth-order valence-corrected chi connectivity index (χ4v) is 1.70. The van der Waals surface area contributed by atoms with Crippen molar-refractivity contribution in [1.29, 1.82) is 0 Å². The first-order valence-electron chi connectivity index (χ1n) is 6.16. The number of carbonyl (C=O) groups excluding carboxylic acids is 1. The van der Waals surface area contributed by atoms with E-state index >= 15 is 0 Å². The van der Waals surface area contributed by atoms with E-state index in [-0.39, 0.29) is 5.91 Å². The number of rotatable bonds is 7. The molecule has 0 fully saturated rings. The minimum Gasteiger partial charge on any atom is -0.480 e. The Morgan fingerprint density at radius 2 is 1.47 bits per heavy atom. The third-order valence-corrected chi connectivity index (χ3v) is 3.68. The van der Waals surface area contributed by atoms with E-state index in [9.17, 15) is 14.7 Å². The highest BCUT2D eigenvalue weighted by molar-refractivity contribution is 5.91. The highest BCUT2D eigenvalue weighted by atomic mass is 16.4. The van der Waals surface area contributed by atoms with E-state index in [0.29, 0.717) is 25.7 Å². The predicted octanol–water partition coefficient (Wildman–Crippen LogP) is 1.26. The van der Waals surface area contributed by atoms with Crippen LogP contribution in [0.1, 0.15) is 53.4 Å². The van der Waals surface area contributed by atoms with Crippen molar-refractivity contribution in [2.24, 2.45) is 5.73 Å². The van der Waals surface area contributed by atoms with Gasteiger partial charge in [-0.2, -0.15) is 0 Å². The summed E-state index contributed by atoms with van der Waals surface area (Å²) in [6.07, 6.45) is 1.65. The smallest absolute Gasteiger partial charge is 0.329 e. The standard InChI is InChI=1S/C12H24N2O3/c1-5-11(13,6-2)9(15)14-12(7-3,8-4)10(16)17/h5-8,13H2,1-4H3,(H,14,15)(H,16,17).